The quantitative estimate of drug-likeness (QED) is 0.914. The van der Waals surface area contributed by atoms with Crippen molar-refractivity contribution >= 4 is 33.5 Å². The minimum Gasteiger partial charge on any atom is -0.550 e. The van der Waals surface area contributed by atoms with Gasteiger partial charge < -0.3 is 15.2 Å². The number of aliphatic carboxylic acids is 1. The maximum absolute atomic E-state index is 13.7. The van der Waals surface area contributed by atoms with E-state index in [4.69, 9.17) is 0 Å². The van der Waals surface area contributed by atoms with E-state index in [1.807, 2.05) is 0 Å². The fourth-order valence-corrected chi connectivity index (χ4v) is 2.88. The van der Waals surface area contributed by atoms with E-state index in [-0.39, 0.29) is 5.69 Å². The van der Waals surface area contributed by atoms with E-state index in [0.717, 1.165) is 12.8 Å². The molecule has 1 aliphatic rings. The van der Waals surface area contributed by atoms with Crippen molar-refractivity contribution in [1.82, 2.24) is 0 Å². The van der Waals surface area contributed by atoms with Crippen molar-refractivity contribution in [2.24, 2.45) is 11.8 Å². The second kappa shape index (κ2) is 6.35. The van der Waals surface area contributed by atoms with Gasteiger partial charge in [0.1, 0.15) is 5.82 Å². The molecule has 2 rings (SSSR count). The summed E-state index contributed by atoms with van der Waals surface area (Å²) >= 11 is 3.13. The molecular formula is C14H14BrFNO3-. The molecule has 1 aromatic rings. The highest BCUT2D eigenvalue weighted by molar-refractivity contribution is 9.10. The fraction of sp³-hybridized carbons (Fsp3) is 0.429. The van der Waals surface area contributed by atoms with E-state index in [9.17, 15) is 19.1 Å². The van der Waals surface area contributed by atoms with Crippen molar-refractivity contribution in [2.75, 3.05) is 5.32 Å². The van der Waals surface area contributed by atoms with Gasteiger partial charge in [-0.05, 0) is 31.0 Å². The standard InChI is InChI=1S/C14H15BrFNO3/c15-8-5-6-12(11(16)7-8)17-13(18)9-3-1-2-4-10(9)14(19)20/h5-7,9-10H,1-4H2,(H,17,18)(H,19,20)/p-1/t9-,10-/m0/s1. The molecule has 0 heterocycles. The van der Waals surface area contributed by atoms with Crippen LogP contribution in [0.2, 0.25) is 0 Å². The van der Waals surface area contributed by atoms with Gasteiger partial charge in [0, 0.05) is 22.3 Å². The van der Waals surface area contributed by atoms with Crippen molar-refractivity contribution in [2.45, 2.75) is 25.7 Å². The maximum atomic E-state index is 13.7. The van der Waals surface area contributed by atoms with Crippen LogP contribution in [-0.4, -0.2) is 11.9 Å². The number of carbonyl (C=O) groups is 2. The third-order valence-electron chi connectivity index (χ3n) is 3.59. The Morgan fingerprint density at radius 1 is 1.25 bits per heavy atom. The predicted octanol–water partition coefficient (Wildman–Crippen LogP) is 2.08. The van der Waals surface area contributed by atoms with E-state index in [2.05, 4.69) is 21.2 Å². The summed E-state index contributed by atoms with van der Waals surface area (Å²) in [5, 5.41) is 13.5. The van der Waals surface area contributed by atoms with Gasteiger partial charge >= 0.3 is 0 Å². The van der Waals surface area contributed by atoms with Crippen LogP contribution in [0.1, 0.15) is 25.7 Å². The number of carboxylic acid groups (broad SMARTS) is 1. The molecule has 1 amide bonds. The highest BCUT2D eigenvalue weighted by Gasteiger charge is 2.32. The number of hydrogen-bond acceptors (Lipinski definition) is 3. The molecular weight excluding hydrogens is 329 g/mol. The largest absolute Gasteiger partial charge is 0.550 e. The van der Waals surface area contributed by atoms with Crippen LogP contribution in [0, 0.1) is 17.7 Å². The number of amides is 1. The third kappa shape index (κ3) is 3.36. The van der Waals surface area contributed by atoms with Gasteiger partial charge in [0.25, 0.3) is 0 Å². The zero-order valence-electron chi connectivity index (χ0n) is 10.7. The Balaban J connectivity index is 2.12. The summed E-state index contributed by atoms with van der Waals surface area (Å²) in [5.41, 5.74) is 0.0564. The summed E-state index contributed by atoms with van der Waals surface area (Å²) in [6, 6.07) is 4.29. The van der Waals surface area contributed by atoms with Crippen molar-refractivity contribution < 1.29 is 19.1 Å². The minimum atomic E-state index is -1.21. The van der Waals surface area contributed by atoms with Crippen LogP contribution in [-0.2, 0) is 9.59 Å². The number of benzene rings is 1. The minimum absolute atomic E-state index is 0.0564. The van der Waals surface area contributed by atoms with E-state index >= 15 is 0 Å². The summed E-state index contributed by atoms with van der Waals surface area (Å²) in [5.74, 6) is -3.67. The lowest BCUT2D eigenvalue weighted by molar-refractivity contribution is -0.313. The smallest absolute Gasteiger partial charge is 0.228 e. The molecule has 6 heteroatoms. The van der Waals surface area contributed by atoms with Crippen LogP contribution in [0.4, 0.5) is 10.1 Å². The summed E-state index contributed by atoms with van der Waals surface area (Å²) < 4.78 is 14.2. The van der Waals surface area contributed by atoms with Crippen molar-refractivity contribution in [3.8, 4) is 0 Å². The molecule has 0 aromatic heterocycles. The Morgan fingerprint density at radius 3 is 2.50 bits per heavy atom. The summed E-state index contributed by atoms with van der Waals surface area (Å²) in [4.78, 5) is 23.2. The summed E-state index contributed by atoms with van der Waals surface area (Å²) in [6.07, 6.45) is 2.49. The number of rotatable bonds is 3. The first-order chi connectivity index (χ1) is 9.49. The molecule has 0 aliphatic heterocycles. The van der Waals surface area contributed by atoms with E-state index in [1.165, 1.54) is 12.1 Å². The average Bonchev–Trinajstić information content (AvgIpc) is 2.41. The van der Waals surface area contributed by atoms with Gasteiger partial charge in [-0.3, -0.25) is 4.79 Å². The second-order valence-electron chi connectivity index (χ2n) is 4.93. The molecule has 1 saturated carbocycles. The summed E-state index contributed by atoms with van der Waals surface area (Å²) in [7, 11) is 0. The molecule has 0 spiro atoms. The van der Waals surface area contributed by atoms with Gasteiger partial charge in [0.05, 0.1) is 5.69 Å². The zero-order valence-corrected chi connectivity index (χ0v) is 12.3. The molecule has 1 fully saturated rings. The van der Waals surface area contributed by atoms with Gasteiger partial charge in [-0.15, -0.1) is 0 Å². The topological polar surface area (TPSA) is 69.2 Å². The molecule has 0 radical (unpaired) electrons. The molecule has 0 bridgehead atoms. The fourth-order valence-electron chi connectivity index (χ4n) is 2.54. The molecule has 1 aromatic carbocycles. The molecule has 1 aliphatic carbocycles. The average molecular weight is 343 g/mol. The zero-order chi connectivity index (χ0) is 14.7. The first-order valence-electron chi connectivity index (χ1n) is 6.46. The molecule has 0 unspecified atom stereocenters. The van der Waals surface area contributed by atoms with Crippen LogP contribution in [0.5, 0.6) is 0 Å². The van der Waals surface area contributed by atoms with E-state index in [0.29, 0.717) is 17.3 Å². The molecule has 20 heavy (non-hydrogen) atoms. The third-order valence-corrected chi connectivity index (χ3v) is 4.09. The van der Waals surface area contributed by atoms with E-state index in [1.54, 1.807) is 6.07 Å². The normalized spacial score (nSPS) is 22.3. The first kappa shape index (κ1) is 15.0. The maximum Gasteiger partial charge on any atom is 0.228 e. The molecule has 108 valence electrons. The van der Waals surface area contributed by atoms with Crippen LogP contribution in [0.3, 0.4) is 0 Å². The number of anilines is 1. The monoisotopic (exact) mass is 342 g/mol. The van der Waals surface area contributed by atoms with Crippen LogP contribution >= 0.6 is 15.9 Å². The van der Waals surface area contributed by atoms with Gasteiger partial charge in [-0.25, -0.2) is 4.39 Å². The van der Waals surface area contributed by atoms with E-state index < -0.39 is 29.5 Å². The summed E-state index contributed by atoms with van der Waals surface area (Å²) in [6.45, 7) is 0. The SMILES string of the molecule is O=C([O-])[C@H]1CCCC[C@@H]1C(=O)Nc1ccc(Br)cc1F. The van der Waals surface area contributed by atoms with Gasteiger partial charge in [-0.1, -0.05) is 28.8 Å². The van der Waals surface area contributed by atoms with Gasteiger partial charge in [0.2, 0.25) is 5.91 Å². The Bertz CT molecular complexity index is 535. The molecule has 4 nitrogen and oxygen atoms in total. The highest BCUT2D eigenvalue weighted by Crippen LogP contribution is 2.31. The Hall–Kier alpha value is -1.43. The van der Waals surface area contributed by atoms with Crippen molar-refractivity contribution in [1.29, 1.82) is 0 Å². The molecule has 0 saturated heterocycles. The predicted molar refractivity (Wildman–Crippen MR) is 73.2 cm³/mol. The lowest BCUT2D eigenvalue weighted by Crippen LogP contribution is -2.42. The first-order valence-corrected chi connectivity index (χ1v) is 7.25. The van der Waals surface area contributed by atoms with Crippen molar-refractivity contribution in [3.63, 3.8) is 0 Å². The number of carboxylic acids is 1. The number of halogens is 2. The lowest BCUT2D eigenvalue weighted by atomic mass is 9.78. The van der Waals surface area contributed by atoms with Gasteiger partial charge in [-0.2, -0.15) is 0 Å². The van der Waals surface area contributed by atoms with Crippen LogP contribution < -0.4 is 10.4 Å². The van der Waals surface area contributed by atoms with Crippen LogP contribution in [0.15, 0.2) is 22.7 Å². The highest BCUT2D eigenvalue weighted by atomic mass is 79.9. The molecule has 2 atom stereocenters. The Labute approximate surface area is 124 Å². The van der Waals surface area contributed by atoms with Crippen molar-refractivity contribution in [3.05, 3.63) is 28.5 Å². The second-order valence-corrected chi connectivity index (χ2v) is 5.85. The van der Waals surface area contributed by atoms with Crippen LogP contribution in [0.25, 0.3) is 0 Å². The lowest BCUT2D eigenvalue weighted by Gasteiger charge is -2.31. The number of hydrogen-bond donors (Lipinski definition) is 1. The molecule has 1 N–H and O–H groups in total. The van der Waals surface area contributed by atoms with Gasteiger partial charge in [0.15, 0.2) is 0 Å². The number of carbonyl (C=O) groups excluding carboxylic acids is 2. The Kier molecular flexibility index (Phi) is 4.75. The Morgan fingerprint density at radius 2 is 1.90 bits per heavy atom. The number of nitrogens with one attached hydrogen (secondary N) is 1.